The van der Waals surface area contributed by atoms with E-state index in [9.17, 15) is 0 Å². The molecule has 0 saturated heterocycles. The molecule has 0 saturated carbocycles. The second kappa shape index (κ2) is 7.02. The molecule has 0 aliphatic carbocycles. The third kappa shape index (κ3) is 3.87. The van der Waals surface area contributed by atoms with Crippen LogP contribution < -0.4 is 5.32 Å². The average molecular weight is 240 g/mol. The molecule has 0 radical (unpaired) electrons. The van der Waals surface area contributed by atoms with Crippen molar-refractivity contribution in [2.24, 2.45) is 0 Å². The summed E-state index contributed by atoms with van der Waals surface area (Å²) < 4.78 is 0. The summed E-state index contributed by atoms with van der Waals surface area (Å²) in [5.41, 5.74) is 1.32. The predicted molar refractivity (Wildman–Crippen MR) is 72.2 cm³/mol. The molecule has 1 rings (SSSR count). The standard InChI is InChI=1S/C13H24N2S/c1-5-7-11-12(9-14-8-6-2)16-13(15-11)10(3)4/h10,14H,5-9H2,1-4H3. The minimum atomic E-state index is 0.556. The Morgan fingerprint density at radius 2 is 2.00 bits per heavy atom. The lowest BCUT2D eigenvalue weighted by molar-refractivity contribution is 0.674. The van der Waals surface area contributed by atoms with E-state index in [1.54, 1.807) is 0 Å². The summed E-state index contributed by atoms with van der Waals surface area (Å²) in [5, 5.41) is 4.76. The molecule has 0 aromatic carbocycles. The molecule has 16 heavy (non-hydrogen) atoms. The van der Waals surface area contributed by atoms with Crippen LogP contribution in [0.1, 0.15) is 62.0 Å². The summed E-state index contributed by atoms with van der Waals surface area (Å²) in [6.45, 7) is 11.0. The van der Waals surface area contributed by atoms with Crippen molar-refractivity contribution in [3.63, 3.8) is 0 Å². The van der Waals surface area contributed by atoms with Crippen LogP contribution in [0.2, 0.25) is 0 Å². The van der Waals surface area contributed by atoms with Gasteiger partial charge in [0.25, 0.3) is 0 Å². The van der Waals surface area contributed by atoms with Gasteiger partial charge in [0.15, 0.2) is 0 Å². The second-order valence-corrected chi connectivity index (χ2v) is 5.62. The van der Waals surface area contributed by atoms with E-state index in [1.807, 2.05) is 11.3 Å². The van der Waals surface area contributed by atoms with Gasteiger partial charge in [-0.25, -0.2) is 4.98 Å². The fourth-order valence-electron chi connectivity index (χ4n) is 1.60. The highest BCUT2D eigenvalue weighted by Gasteiger charge is 2.12. The fraction of sp³-hybridized carbons (Fsp3) is 0.769. The van der Waals surface area contributed by atoms with E-state index >= 15 is 0 Å². The van der Waals surface area contributed by atoms with Crippen molar-refractivity contribution in [1.29, 1.82) is 0 Å². The summed E-state index contributed by atoms with van der Waals surface area (Å²) in [6.07, 6.45) is 3.49. The van der Waals surface area contributed by atoms with Crippen LogP contribution in [-0.4, -0.2) is 11.5 Å². The van der Waals surface area contributed by atoms with Gasteiger partial charge in [-0.15, -0.1) is 11.3 Å². The first-order valence-electron chi connectivity index (χ1n) is 6.38. The van der Waals surface area contributed by atoms with Crippen molar-refractivity contribution >= 4 is 11.3 Å². The molecule has 1 aromatic heterocycles. The quantitative estimate of drug-likeness (QED) is 0.735. The molecule has 1 aromatic rings. The summed E-state index contributed by atoms with van der Waals surface area (Å²) in [6, 6.07) is 0. The van der Waals surface area contributed by atoms with Gasteiger partial charge in [-0.1, -0.05) is 34.1 Å². The molecule has 0 spiro atoms. The number of thiazole rings is 1. The zero-order chi connectivity index (χ0) is 12.0. The van der Waals surface area contributed by atoms with Gasteiger partial charge in [-0.2, -0.15) is 0 Å². The van der Waals surface area contributed by atoms with Gasteiger partial charge < -0.3 is 5.32 Å². The van der Waals surface area contributed by atoms with Crippen LogP contribution >= 0.6 is 11.3 Å². The molecule has 0 aliphatic rings. The van der Waals surface area contributed by atoms with Crippen molar-refractivity contribution in [2.45, 2.75) is 59.4 Å². The van der Waals surface area contributed by atoms with E-state index in [0.29, 0.717) is 5.92 Å². The third-order valence-corrected chi connectivity index (χ3v) is 3.89. The Kier molecular flexibility index (Phi) is 5.99. The predicted octanol–water partition coefficient (Wildman–Crippen LogP) is 3.72. The highest BCUT2D eigenvalue weighted by atomic mass is 32.1. The van der Waals surface area contributed by atoms with Crippen molar-refractivity contribution in [1.82, 2.24) is 10.3 Å². The maximum atomic E-state index is 4.76. The molecule has 0 aliphatic heterocycles. The van der Waals surface area contributed by atoms with Crippen molar-refractivity contribution in [3.8, 4) is 0 Å². The molecule has 0 atom stereocenters. The van der Waals surface area contributed by atoms with Gasteiger partial charge >= 0.3 is 0 Å². The van der Waals surface area contributed by atoms with E-state index in [0.717, 1.165) is 19.5 Å². The molecule has 0 fully saturated rings. The van der Waals surface area contributed by atoms with E-state index < -0.39 is 0 Å². The van der Waals surface area contributed by atoms with Gasteiger partial charge in [0.1, 0.15) is 0 Å². The maximum Gasteiger partial charge on any atom is 0.0957 e. The Balaban J connectivity index is 2.70. The number of hydrogen-bond acceptors (Lipinski definition) is 3. The number of aryl methyl sites for hydroxylation is 1. The number of nitrogens with one attached hydrogen (secondary N) is 1. The molecule has 1 N–H and O–H groups in total. The smallest absolute Gasteiger partial charge is 0.0957 e. The van der Waals surface area contributed by atoms with E-state index in [1.165, 1.54) is 28.4 Å². The largest absolute Gasteiger partial charge is 0.312 e. The van der Waals surface area contributed by atoms with Crippen LogP contribution in [0.3, 0.4) is 0 Å². The molecular formula is C13H24N2S. The van der Waals surface area contributed by atoms with Crippen LogP contribution in [0.4, 0.5) is 0 Å². The fourth-order valence-corrected chi connectivity index (χ4v) is 2.68. The van der Waals surface area contributed by atoms with E-state index in [-0.39, 0.29) is 0 Å². The molecule has 1 heterocycles. The molecule has 0 bridgehead atoms. The topological polar surface area (TPSA) is 24.9 Å². The first kappa shape index (κ1) is 13.7. The minimum Gasteiger partial charge on any atom is -0.312 e. The lowest BCUT2D eigenvalue weighted by atomic mass is 10.2. The summed E-state index contributed by atoms with van der Waals surface area (Å²) >= 11 is 1.88. The van der Waals surface area contributed by atoms with E-state index in [4.69, 9.17) is 4.98 Å². The highest BCUT2D eigenvalue weighted by molar-refractivity contribution is 7.11. The first-order chi connectivity index (χ1) is 7.69. The Bertz CT molecular complexity index is 305. The van der Waals surface area contributed by atoms with E-state index in [2.05, 4.69) is 33.0 Å². The normalized spacial score (nSPS) is 11.3. The van der Waals surface area contributed by atoms with Crippen molar-refractivity contribution in [3.05, 3.63) is 15.6 Å². The van der Waals surface area contributed by atoms with Gasteiger partial charge in [-0.05, 0) is 19.4 Å². The molecule has 3 heteroatoms. The highest BCUT2D eigenvalue weighted by Crippen LogP contribution is 2.25. The Morgan fingerprint density at radius 1 is 1.25 bits per heavy atom. The monoisotopic (exact) mass is 240 g/mol. The van der Waals surface area contributed by atoms with Crippen LogP contribution in [0.25, 0.3) is 0 Å². The molecule has 0 amide bonds. The number of nitrogens with zero attached hydrogens (tertiary/aromatic N) is 1. The average Bonchev–Trinajstić information content (AvgIpc) is 2.63. The van der Waals surface area contributed by atoms with Crippen LogP contribution in [0.15, 0.2) is 0 Å². The summed E-state index contributed by atoms with van der Waals surface area (Å²) in [4.78, 5) is 6.20. The Morgan fingerprint density at radius 3 is 2.56 bits per heavy atom. The van der Waals surface area contributed by atoms with Crippen LogP contribution in [-0.2, 0) is 13.0 Å². The zero-order valence-electron chi connectivity index (χ0n) is 11.0. The molecule has 0 unspecified atom stereocenters. The minimum absolute atomic E-state index is 0.556. The van der Waals surface area contributed by atoms with Crippen LogP contribution in [0, 0.1) is 0 Å². The summed E-state index contributed by atoms with van der Waals surface area (Å²) in [5.74, 6) is 0.556. The molecule has 92 valence electrons. The van der Waals surface area contributed by atoms with Gasteiger partial charge in [0, 0.05) is 17.3 Å². The van der Waals surface area contributed by atoms with Crippen molar-refractivity contribution < 1.29 is 0 Å². The first-order valence-corrected chi connectivity index (χ1v) is 7.19. The van der Waals surface area contributed by atoms with Crippen LogP contribution in [0.5, 0.6) is 0 Å². The maximum absolute atomic E-state index is 4.76. The van der Waals surface area contributed by atoms with Gasteiger partial charge in [0.05, 0.1) is 10.7 Å². The summed E-state index contributed by atoms with van der Waals surface area (Å²) in [7, 11) is 0. The SMILES string of the molecule is CCCNCc1sc(C(C)C)nc1CCC. The Hall–Kier alpha value is -0.410. The lowest BCUT2D eigenvalue weighted by Gasteiger charge is -2.02. The number of hydrogen-bond donors (Lipinski definition) is 1. The molecular weight excluding hydrogens is 216 g/mol. The lowest BCUT2D eigenvalue weighted by Crippen LogP contribution is -2.13. The number of aromatic nitrogens is 1. The second-order valence-electron chi connectivity index (χ2n) is 4.50. The molecule has 2 nitrogen and oxygen atoms in total. The van der Waals surface area contributed by atoms with Gasteiger partial charge in [-0.3, -0.25) is 0 Å². The third-order valence-electron chi connectivity index (χ3n) is 2.49. The van der Waals surface area contributed by atoms with Gasteiger partial charge in [0.2, 0.25) is 0 Å². The zero-order valence-corrected chi connectivity index (χ0v) is 11.8. The van der Waals surface area contributed by atoms with Crippen molar-refractivity contribution in [2.75, 3.05) is 6.54 Å². The number of rotatable bonds is 7. The Labute approximate surface area is 103 Å².